The molecular weight excluding hydrogens is 302 g/mol. The molecular formula is C19H21N3O2. The van der Waals surface area contributed by atoms with Crippen molar-refractivity contribution in [2.24, 2.45) is 0 Å². The molecule has 1 aromatic carbocycles. The topological polar surface area (TPSA) is 74.2 Å². The summed E-state index contributed by atoms with van der Waals surface area (Å²) in [6, 6.07) is 12.9. The van der Waals surface area contributed by atoms with E-state index in [-0.39, 0.29) is 12.5 Å². The fourth-order valence-corrected chi connectivity index (χ4v) is 2.24. The summed E-state index contributed by atoms with van der Waals surface area (Å²) in [5, 5.41) is 16.3. The van der Waals surface area contributed by atoms with Crippen LogP contribution in [-0.2, 0) is 5.60 Å². The molecule has 1 heterocycles. The highest BCUT2D eigenvalue weighted by molar-refractivity contribution is 5.94. The molecule has 1 unspecified atom stereocenters. The lowest BCUT2D eigenvalue weighted by molar-refractivity contribution is 0.0515. The Labute approximate surface area is 142 Å². The van der Waals surface area contributed by atoms with Gasteiger partial charge in [-0.15, -0.1) is 6.42 Å². The van der Waals surface area contributed by atoms with Crippen molar-refractivity contribution in [2.45, 2.75) is 18.9 Å². The lowest BCUT2D eigenvalue weighted by Crippen LogP contribution is -2.25. The molecule has 5 heteroatoms. The molecule has 0 fully saturated rings. The molecule has 2 aromatic rings. The van der Waals surface area contributed by atoms with Crippen LogP contribution in [0.4, 0.5) is 5.82 Å². The van der Waals surface area contributed by atoms with Crippen molar-refractivity contribution in [1.29, 1.82) is 0 Å². The predicted octanol–water partition coefficient (Wildman–Crippen LogP) is 2.15. The van der Waals surface area contributed by atoms with E-state index in [0.29, 0.717) is 24.3 Å². The highest BCUT2D eigenvalue weighted by Crippen LogP contribution is 2.23. The fourth-order valence-electron chi connectivity index (χ4n) is 2.24. The first-order chi connectivity index (χ1) is 11.5. The van der Waals surface area contributed by atoms with Gasteiger partial charge in [-0.1, -0.05) is 36.3 Å². The maximum absolute atomic E-state index is 11.7. The van der Waals surface area contributed by atoms with Crippen LogP contribution in [0, 0.1) is 12.3 Å². The van der Waals surface area contributed by atoms with Crippen LogP contribution in [0.25, 0.3) is 0 Å². The van der Waals surface area contributed by atoms with Crippen molar-refractivity contribution >= 4 is 11.7 Å². The smallest absolute Gasteiger partial charge is 0.253 e. The third-order valence-corrected chi connectivity index (χ3v) is 3.69. The molecule has 0 aliphatic heterocycles. The minimum atomic E-state index is -0.913. The molecule has 0 radical (unpaired) electrons. The molecule has 0 saturated carbocycles. The molecule has 0 spiro atoms. The quantitative estimate of drug-likeness (QED) is 0.683. The van der Waals surface area contributed by atoms with Crippen LogP contribution in [0.2, 0.25) is 0 Å². The van der Waals surface area contributed by atoms with Gasteiger partial charge in [0.1, 0.15) is 5.82 Å². The number of carbonyl (C=O) groups excluding carboxylic acids is 1. The fraction of sp³-hybridized carbons (Fsp3) is 0.263. The van der Waals surface area contributed by atoms with Gasteiger partial charge in [-0.25, -0.2) is 4.98 Å². The summed E-state index contributed by atoms with van der Waals surface area (Å²) in [5.74, 6) is 2.74. The first-order valence-electron chi connectivity index (χ1n) is 7.72. The molecule has 0 bridgehead atoms. The number of aromatic nitrogens is 1. The van der Waals surface area contributed by atoms with Gasteiger partial charge in [0, 0.05) is 12.7 Å². The number of pyridine rings is 1. The van der Waals surface area contributed by atoms with E-state index in [2.05, 4.69) is 21.5 Å². The number of amides is 1. The first kappa shape index (κ1) is 17.5. The summed E-state index contributed by atoms with van der Waals surface area (Å²) in [6.45, 7) is 2.53. The number of nitrogens with zero attached hydrogens (tertiary/aromatic N) is 1. The summed E-state index contributed by atoms with van der Waals surface area (Å²) in [5.41, 5.74) is 0.413. The molecule has 0 aliphatic carbocycles. The Balaban J connectivity index is 1.87. The van der Waals surface area contributed by atoms with Crippen LogP contribution in [0.15, 0.2) is 48.7 Å². The molecule has 0 saturated heterocycles. The molecule has 124 valence electrons. The summed E-state index contributed by atoms with van der Waals surface area (Å²) in [7, 11) is 0. The van der Waals surface area contributed by atoms with Gasteiger partial charge >= 0.3 is 0 Å². The van der Waals surface area contributed by atoms with Gasteiger partial charge in [0.05, 0.1) is 17.7 Å². The van der Waals surface area contributed by atoms with Gasteiger partial charge in [-0.2, -0.15) is 0 Å². The number of hydrogen-bond acceptors (Lipinski definition) is 4. The SMILES string of the molecule is C#CCNC(=O)c1ccc(NCCC(C)(O)c2ccccc2)nc1. The minimum Gasteiger partial charge on any atom is -0.385 e. The van der Waals surface area contributed by atoms with Crippen molar-refractivity contribution in [3.05, 3.63) is 59.8 Å². The second-order valence-corrected chi connectivity index (χ2v) is 5.64. The molecule has 1 aromatic heterocycles. The second kappa shape index (κ2) is 8.14. The molecule has 24 heavy (non-hydrogen) atoms. The van der Waals surface area contributed by atoms with E-state index >= 15 is 0 Å². The van der Waals surface area contributed by atoms with Crippen molar-refractivity contribution in [1.82, 2.24) is 10.3 Å². The van der Waals surface area contributed by atoms with E-state index in [1.807, 2.05) is 30.3 Å². The average Bonchev–Trinajstić information content (AvgIpc) is 2.61. The van der Waals surface area contributed by atoms with Crippen LogP contribution in [0.3, 0.4) is 0 Å². The summed E-state index contributed by atoms with van der Waals surface area (Å²) >= 11 is 0. The zero-order valence-electron chi connectivity index (χ0n) is 13.6. The van der Waals surface area contributed by atoms with Gasteiger partial charge < -0.3 is 15.7 Å². The summed E-state index contributed by atoms with van der Waals surface area (Å²) < 4.78 is 0. The van der Waals surface area contributed by atoms with Gasteiger partial charge in [-0.05, 0) is 31.0 Å². The zero-order chi connectivity index (χ0) is 17.4. The third-order valence-electron chi connectivity index (χ3n) is 3.69. The largest absolute Gasteiger partial charge is 0.385 e. The van der Waals surface area contributed by atoms with Crippen molar-refractivity contribution in [3.63, 3.8) is 0 Å². The average molecular weight is 323 g/mol. The number of terminal acetylenes is 1. The Morgan fingerprint density at radius 2 is 2.04 bits per heavy atom. The van der Waals surface area contributed by atoms with Crippen LogP contribution in [0.5, 0.6) is 0 Å². The molecule has 1 atom stereocenters. The van der Waals surface area contributed by atoms with E-state index < -0.39 is 5.60 Å². The van der Waals surface area contributed by atoms with Gasteiger partial charge in [0.25, 0.3) is 5.91 Å². The van der Waals surface area contributed by atoms with E-state index in [0.717, 1.165) is 5.56 Å². The highest BCUT2D eigenvalue weighted by Gasteiger charge is 2.22. The minimum absolute atomic E-state index is 0.188. The number of aliphatic hydroxyl groups is 1. The molecule has 3 N–H and O–H groups in total. The van der Waals surface area contributed by atoms with Crippen molar-refractivity contribution < 1.29 is 9.90 Å². The summed E-state index contributed by atoms with van der Waals surface area (Å²) in [4.78, 5) is 15.9. The molecule has 1 amide bonds. The van der Waals surface area contributed by atoms with E-state index in [9.17, 15) is 9.90 Å². The van der Waals surface area contributed by atoms with Crippen LogP contribution < -0.4 is 10.6 Å². The lowest BCUT2D eigenvalue weighted by atomic mass is 9.93. The summed E-state index contributed by atoms with van der Waals surface area (Å²) in [6.07, 6.45) is 7.12. The Hall–Kier alpha value is -2.84. The Bertz CT molecular complexity index is 704. The normalized spacial score (nSPS) is 12.7. The zero-order valence-corrected chi connectivity index (χ0v) is 13.6. The highest BCUT2D eigenvalue weighted by atomic mass is 16.3. The van der Waals surface area contributed by atoms with Gasteiger partial charge in [0.15, 0.2) is 0 Å². The van der Waals surface area contributed by atoms with Crippen molar-refractivity contribution in [2.75, 3.05) is 18.4 Å². The van der Waals surface area contributed by atoms with Crippen LogP contribution >= 0.6 is 0 Å². The lowest BCUT2D eigenvalue weighted by Gasteiger charge is -2.24. The van der Waals surface area contributed by atoms with Crippen molar-refractivity contribution in [3.8, 4) is 12.3 Å². The molecule has 5 nitrogen and oxygen atoms in total. The van der Waals surface area contributed by atoms with E-state index in [4.69, 9.17) is 6.42 Å². The Morgan fingerprint density at radius 1 is 1.29 bits per heavy atom. The Morgan fingerprint density at radius 3 is 2.67 bits per heavy atom. The number of hydrogen-bond donors (Lipinski definition) is 3. The van der Waals surface area contributed by atoms with E-state index in [1.165, 1.54) is 6.20 Å². The van der Waals surface area contributed by atoms with E-state index in [1.54, 1.807) is 19.1 Å². The van der Waals surface area contributed by atoms with Gasteiger partial charge in [0.2, 0.25) is 0 Å². The van der Waals surface area contributed by atoms with Crippen LogP contribution in [0.1, 0.15) is 29.3 Å². The number of carbonyl (C=O) groups is 1. The number of nitrogens with one attached hydrogen (secondary N) is 2. The first-order valence-corrected chi connectivity index (χ1v) is 7.72. The maximum atomic E-state index is 11.7. The molecule has 0 aliphatic rings. The third kappa shape index (κ3) is 4.83. The van der Waals surface area contributed by atoms with Gasteiger partial charge in [-0.3, -0.25) is 4.79 Å². The number of anilines is 1. The Kier molecular flexibility index (Phi) is 5.94. The molecule has 2 rings (SSSR count). The number of rotatable bonds is 7. The predicted molar refractivity (Wildman–Crippen MR) is 94.5 cm³/mol. The second-order valence-electron chi connectivity index (χ2n) is 5.64. The standard InChI is InChI=1S/C19H21N3O2/c1-3-12-21-18(23)15-9-10-17(22-14-15)20-13-11-19(2,24)16-7-5-4-6-8-16/h1,4-10,14,24H,11-13H2,2H3,(H,20,22)(H,21,23). The van der Waals surface area contributed by atoms with Crippen LogP contribution in [-0.4, -0.2) is 29.1 Å². The number of benzene rings is 1. The monoisotopic (exact) mass is 323 g/mol. The maximum Gasteiger partial charge on any atom is 0.253 e.